The van der Waals surface area contributed by atoms with Crippen LogP contribution in [0.25, 0.3) is 28.0 Å². The summed E-state index contributed by atoms with van der Waals surface area (Å²) in [5, 5.41) is 4.07. The molecule has 2 unspecified atom stereocenters. The van der Waals surface area contributed by atoms with E-state index in [2.05, 4.69) is 27.2 Å². The van der Waals surface area contributed by atoms with Crippen molar-refractivity contribution in [3.63, 3.8) is 0 Å². The first-order valence-corrected chi connectivity index (χ1v) is 15.3. The lowest BCUT2D eigenvalue weighted by Crippen LogP contribution is -2.23. The molecule has 242 valence electrons. The third kappa shape index (κ3) is 8.79. The number of hydrogen-bond acceptors (Lipinski definition) is 5. The van der Waals surface area contributed by atoms with E-state index in [1.807, 2.05) is 24.3 Å². The minimum atomic E-state index is -4.70. The number of alkyl halides is 3. The fourth-order valence-corrected chi connectivity index (χ4v) is 5.39. The Morgan fingerprint density at radius 2 is 1.87 bits per heavy atom. The summed E-state index contributed by atoms with van der Waals surface area (Å²) in [7, 11) is 0. The molecular weight excluding hydrogens is 586 g/mol. The fourth-order valence-electron chi connectivity index (χ4n) is 5.39. The van der Waals surface area contributed by atoms with Crippen molar-refractivity contribution in [2.75, 3.05) is 13.1 Å². The maximum absolute atomic E-state index is 15.1. The highest BCUT2D eigenvalue weighted by Gasteiger charge is 2.34. The first kappa shape index (κ1) is 33.9. The summed E-state index contributed by atoms with van der Waals surface area (Å²) in [6.07, 6.45) is 0.737. The number of nitrogens with two attached hydrogens (primary N) is 2. The maximum Gasteiger partial charge on any atom is 0.416 e. The first-order valence-electron chi connectivity index (χ1n) is 15.3. The molecule has 0 saturated carbocycles. The van der Waals surface area contributed by atoms with Gasteiger partial charge in [0, 0.05) is 35.8 Å². The second-order valence-corrected chi connectivity index (χ2v) is 11.5. The molecule has 6 N–H and O–H groups in total. The molecular formula is C33H41F4N7O. The number of nitrogens with zero attached hydrogens (tertiary/aromatic N) is 3. The van der Waals surface area contributed by atoms with E-state index in [1.165, 1.54) is 10.6 Å². The Bertz CT molecular complexity index is 1670. The Balaban J connectivity index is 1.60. The molecule has 0 fully saturated rings. The molecule has 4 aromatic rings. The van der Waals surface area contributed by atoms with Crippen LogP contribution in [0.4, 0.5) is 17.6 Å². The van der Waals surface area contributed by atoms with Gasteiger partial charge in [0.2, 0.25) is 0 Å². The van der Waals surface area contributed by atoms with Crippen molar-refractivity contribution in [2.45, 2.75) is 77.6 Å². The summed E-state index contributed by atoms with van der Waals surface area (Å²) in [5.74, 6) is -0.452. The van der Waals surface area contributed by atoms with Gasteiger partial charge in [0.15, 0.2) is 0 Å². The fraction of sp³-hybridized carbons (Fsp3) is 0.424. The molecule has 0 amide bonds. The number of benzene rings is 2. The molecule has 0 spiro atoms. The highest BCUT2D eigenvalue weighted by molar-refractivity contribution is 5.83. The zero-order chi connectivity index (χ0) is 32.7. The second-order valence-electron chi connectivity index (χ2n) is 11.5. The quantitative estimate of drug-likeness (QED) is 0.0557. The van der Waals surface area contributed by atoms with E-state index in [0.29, 0.717) is 42.4 Å². The van der Waals surface area contributed by atoms with Crippen LogP contribution in [-0.4, -0.2) is 39.5 Å². The maximum atomic E-state index is 15.1. The Kier molecular flexibility index (Phi) is 11.2. The van der Waals surface area contributed by atoms with E-state index < -0.39 is 23.2 Å². The van der Waals surface area contributed by atoms with E-state index in [0.717, 1.165) is 31.4 Å². The number of aliphatic imine (C=N–C) groups is 1. The van der Waals surface area contributed by atoms with Crippen molar-refractivity contribution in [2.24, 2.45) is 16.5 Å². The predicted octanol–water partition coefficient (Wildman–Crippen LogP) is 6.41. The lowest BCUT2D eigenvalue weighted by atomic mass is 9.96. The van der Waals surface area contributed by atoms with E-state index in [-0.39, 0.29) is 41.0 Å². The molecule has 0 radical (unpaired) electrons. The summed E-state index contributed by atoms with van der Waals surface area (Å²) in [6.45, 7) is 7.12. The Hall–Kier alpha value is -4.03. The SMILES string of the molecule is CCCC(NCCCN=C(C)N)c1ccc(-n2cc3cc(-c4cc(CCCC(C)N)c(C(F)(F)F)cc4F)[nH]c3nc2=O)cc1. The molecule has 0 bridgehead atoms. The molecule has 2 aromatic heterocycles. The van der Waals surface area contributed by atoms with Gasteiger partial charge in [-0.2, -0.15) is 18.2 Å². The molecule has 0 aliphatic heterocycles. The third-order valence-corrected chi connectivity index (χ3v) is 7.64. The summed E-state index contributed by atoms with van der Waals surface area (Å²) in [5.41, 5.74) is 11.9. The van der Waals surface area contributed by atoms with Crippen LogP contribution in [0.2, 0.25) is 0 Å². The van der Waals surface area contributed by atoms with Crippen molar-refractivity contribution >= 4 is 16.9 Å². The van der Waals surface area contributed by atoms with Crippen molar-refractivity contribution < 1.29 is 17.6 Å². The van der Waals surface area contributed by atoms with Crippen molar-refractivity contribution in [1.82, 2.24) is 19.9 Å². The van der Waals surface area contributed by atoms with Crippen LogP contribution in [-0.2, 0) is 12.6 Å². The molecule has 2 aromatic carbocycles. The van der Waals surface area contributed by atoms with Crippen LogP contribution < -0.4 is 22.5 Å². The smallest absolute Gasteiger partial charge is 0.388 e. The topological polar surface area (TPSA) is 127 Å². The van der Waals surface area contributed by atoms with Gasteiger partial charge in [0.05, 0.1) is 22.8 Å². The number of aryl methyl sites for hydroxylation is 1. The summed E-state index contributed by atoms with van der Waals surface area (Å²) < 4.78 is 57.7. The molecule has 2 heterocycles. The van der Waals surface area contributed by atoms with E-state index >= 15 is 4.39 Å². The minimum absolute atomic E-state index is 0.0131. The van der Waals surface area contributed by atoms with E-state index in [1.54, 1.807) is 26.1 Å². The summed E-state index contributed by atoms with van der Waals surface area (Å²) in [6, 6.07) is 10.9. The van der Waals surface area contributed by atoms with Gasteiger partial charge in [0.1, 0.15) is 11.5 Å². The molecule has 0 aliphatic carbocycles. The van der Waals surface area contributed by atoms with Crippen LogP contribution in [0.3, 0.4) is 0 Å². The van der Waals surface area contributed by atoms with Gasteiger partial charge in [-0.25, -0.2) is 9.18 Å². The molecule has 2 atom stereocenters. The summed E-state index contributed by atoms with van der Waals surface area (Å²) in [4.78, 5) is 24.3. The molecule has 0 aliphatic rings. The summed E-state index contributed by atoms with van der Waals surface area (Å²) >= 11 is 0. The number of aromatic amines is 1. The normalized spacial score (nSPS) is 13.8. The van der Waals surface area contributed by atoms with Crippen molar-refractivity contribution in [3.05, 3.63) is 81.7 Å². The van der Waals surface area contributed by atoms with Crippen LogP contribution >= 0.6 is 0 Å². The van der Waals surface area contributed by atoms with E-state index in [9.17, 15) is 18.0 Å². The highest BCUT2D eigenvalue weighted by Crippen LogP contribution is 2.37. The molecule has 12 heteroatoms. The van der Waals surface area contributed by atoms with Gasteiger partial charge >= 0.3 is 11.9 Å². The van der Waals surface area contributed by atoms with Crippen molar-refractivity contribution in [3.8, 4) is 16.9 Å². The van der Waals surface area contributed by atoms with E-state index in [4.69, 9.17) is 11.5 Å². The largest absolute Gasteiger partial charge is 0.416 e. The number of H-pyrrole nitrogens is 1. The average molecular weight is 628 g/mol. The molecule has 4 rings (SSSR count). The van der Waals surface area contributed by atoms with Gasteiger partial charge in [-0.15, -0.1) is 0 Å². The van der Waals surface area contributed by atoms with Gasteiger partial charge in [-0.3, -0.25) is 9.56 Å². The third-order valence-electron chi connectivity index (χ3n) is 7.64. The Labute approximate surface area is 260 Å². The molecule has 8 nitrogen and oxygen atoms in total. The number of aromatic nitrogens is 3. The average Bonchev–Trinajstić information content (AvgIpc) is 3.38. The number of rotatable bonds is 14. The molecule has 45 heavy (non-hydrogen) atoms. The van der Waals surface area contributed by atoms with Gasteiger partial charge in [-0.05, 0) is 94.0 Å². The first-order chi connectivity index (χ1) is 21.4. The zero-order valence-corrected chi connectivity index (χ0v) is 25.8. The van der Waals surface area contributed by atoms with Crippen LogP contribution in [0.15, 0.2) is 58.4 Å². The number of halogens is 4. The van der Waals surface area contributed by atoms with Gasteiger partial charge < -0.3 is 21.8 Å². The highest BCUT2D eigenvalue weighted by atomic mass is 19.4. The van der Waals surface area contributed by atoms with Crippen LogP contribution in [0.5, 0.6) is 0 Å². The van der Waals surface area contributed by atoms with Crippen LogP contribution in [0, 0.1) is 5.82 Å². The standard InChI is InChI=1S/C33H41F4N7O/c1-4-7-29(41-15-6-14-40-21(3)39)22-10-12-25(13-11-22)44-19-24-17-30(42-31(24)43-32(44)45)26-16-23(9-5-8-20(2)38)27(18-28(26)34)33(35,36)37/h10-13,16-20,29,41H,4-9,14-15,38H2,1-3H3,(H2,39,40)(H,42,43,45). The monoisotopic (exact) mass is 627 g/mol. The lowest BCUT2D eigenvalue weighted by Gasteiger charge is -2.19. The Morgan fingerprint density at radius 3 is 2.51 bits per heavy atom. The lowest BCUT2D eigenvalue weighted by molar-refractivity contribution is -0.138. The van der Waals surface area contributed by atoms with Gasteiger partial charge in [0.25, 0.3) is 0 Å². The molecule has 0 saturated heterocycles. The number of nitrogens with one attached hydrogen (secondary N) is 2. The second kappa shape index (κ2) is 14.8. The number of amidine groups is 1. The van der Waals surface area contributed by atoms with Crippen LogP contribution in [0.1, 0.15) is 75.6 Å². The number of fused-ring (bicyclic) bond motifs is 1. The minimum Gasteiger partial charge on any atom is -0.388 e. The van der Waals surface area contributed by atoms with Crippen molar-refractivity contribution in [1.29, 1.82) is 0 Å². The van der Waals surface area contributed by atoms with Gasteiger partial charge in [-0.1, -0.05) is 25.5 Å². The Morgan fingerprint density at radius 1 is 1.13 bits per heavy atom. The zero-order valence-electron chi connectivity index (χ0n) is 25.8. The predicted molar refractivity (Wildman–Crippen MR) is 171 cm³/mol. The number of hydrogen-bond donors (Lipinski definition) is 4.